The number of pyridine rings is 1. The Labute approximate surface area is 72.0 Å². The summed E-state index contributed by atoms with van der Waals surface area (Å²) in [6.07, 6.45) is 1.59. The van der Waals surface area contributed by atoms with E-state index >= 15 is 0 Å². The monoisotopic (exact) mass is 163 g/mol. The molecule has 3 nitrogen and oxygen atoms in total. The van der Waals surface area contributed by atoms with E-state index in [2.05, 4.69) is 9.72 Å². The average molecular weight is 163 g/mol. The summed E-state index contributed by atoms with van der Waals surface area (Å²) in [4.78, 5) is 15.1. The van der Waals surface area contributed by atoms with E-state index in [0.717, 1.165) is 12.7 Å². The Morgan fingerprint density at radius 1 is 1.67 bits per heavy atom. The molecule has 0 saturated heterocycles. The smallest absolute Gasteiger partial charge is 0.356 e. The zero-order valence-electron chi connectivity index (χ0n) is 7.20. The summed E-state index contributed by atoms with van der Waals surface area (Å²) in [5, 5.41) is 0. The molecule has 0 N–H and O–H groups in total. The number of aromatic nitrogens is 1. The predicted octanol–water partition coefficient (Wildman–Crippen LogP) is -0.0219. The highest BCUT2D eigenvalue weighted by atomic mass is 16.5. The zero-order chi connectivity index (χ0) is 8.97. The van der Waals surface area contributed by atoms with Crippen LogP contribution in [0.5, 0.6) is 0 Å². The molecule has 1 aromatic heterocycles. The minimum Gasteiger partial charge on any atom is -0.464 e. The molecule has 0 bridgehead atoms. The van der Waals surface area contributed by atoms with Crippen LogP contribution >= 0.6 is 0 Å². The Balaban J connectivity index is 3.04. The minimum absolute atomic E-state index is 0.368. The number of ether oxygens (including phenoxy) is 1. The summed E-state index contributed by atoms with van der Waals surface area (Å²) in [6.45, 7) is 1.98. The van der Waals surface area contributed by atoms with Gasteiger partial charge in [-0.1, -0.05) is 18.4 Å². The molecule has 1 rings (SSSR count). The van der Waals surface area contributed by atoms with Crippen molar-refractivity contribution in [1.29, 1.82) is 0 Å². The molecule has 0 atom stereocenters. The van der Waals surface area contributed by atoms with Crippen LogP contribution < -0.4 is 5.46 Å². The summed E-state index contributed by atoms with van der Waals surface area (Å²) in [5.74, 6) is -0.368. The molecule has 62 valence electrons. The maximum atomic E-state index is 11.1. The molecule has 4 heteroatoms. The third kappa shape index (κ3) is 1.64. The van der Waals surface area contributed by atoms with E-state index in [-0.39, 0.29) is 5.97 Å². The van der Waals surface area contributed by atoms with E-state index < -0.39 is 0 Å². The van der Waals surface area contributed by atoms with Gasteiger partial charge >= 0.3 is 5.97 Å². The van der Waals surface area contributed by atoms with Gasteiger partial charge in [0.05, 0.1) is 7.11 Å². The van der Waals surface area contributed by atoms with E-state index in [1.807, 2.05) is 19.0 Å². The van der Waals surface area contributed by atoms with Crippen molar-refractivity contribution in [3.8, 4) is 0 Å². The Morgan fingerprint density at radius 2 is 2.42 bits per heavy atom. The van der Waals surface area contributed by atoms with Crippen LogP contribution in [0, 0.1) is 0 Å². The van der Waals surface area contributed by atoms with Crippen molar-refractivity contribution in [1.82, 2.24) is 4.98 Å². The summed E-state index contributed by atoms with van der Waals surface area (Å²) >= 11 is 0. The summed E-state index contributed by atoms with van der Waals surface area (Å²) in [6, 6.07) is 3.69. The van der Waals surface area contributed by atoms with Crippen molar-refractivity contribution < 1.29 is 9.53 Å². The van der Waals surface area contributed by atoms with Crippen LogP contribution in [0.15, 0.2) is 18.3 Å². The Bertz CT molecular complexity index is 288. The minimum atomic E-state index is -0.368. The van der Waals surface area contributed by atoms with Crippen molar-refractivity contribution in [2.75, 3.05) is 7.11 Å². The fraction of sp³-hybridized carbons (Fsp3) is 0.250. The lowest BCUT2D eigenvalue weighted by Crippen LogP contribution is -2.23. The highest BCUT2D eigenvalue weighted by molar-refractivity contribution is 6.53. The van der Waals surface area contributed by atoms with Gasteiger partial charge in [0.15, 0.2) is 7.28 Å². The average Bonchev–Trinajstić information content (AvgIpc) is 2.16. The highest BCUT2D eigenvalue weighted by Gasteiger charge is 2.10. The molecule has 0 fully saturated rings. The fourth-order valence-corrected chi connectivity index (χ4v) is 1.00. The second-order valence-corrected chi connectivity index (χ2v) is 2.36. The van der Waals surface area contributed by atoms with Crippen molar-refractivity contribution in [3.63, 3.8) is 0 Å². The molecule has 1 aromatic rings. The van der Waals surface area contributed by atoms with Gasteiger partial charge in [0.25, 0.3) is 0 Å². The topological polar surface area (TPSA) is 39.2 Å². The fourth-order valence-electron chi connectivity index (χ4n) is 1.00. The molecular formula is C8H10BNO2. The Morgan fingerprint density at radius 3 is 3.00 bits per heavy atom. The van der Waals surface area contributed by atoms with Gasteiger partial charge in [-0.2, -0.15) is 0 Å². The SMILES string of the molecule is CBc1cccnc1C(=O)OC. The maximum absolute atomic E-state index is 11.1. The van der Waals surface area contributed by atoms with E-state index in [4.69, 9.17) is 0 Å². The standard InChI is InChI=1S/C8H10BNO2/c1-9-6-4-3-5-10-7(6)8(11)12-2/h3-5,9H,1-2H3. The van der Waals surface area contributed by atoms with Crippen LogP contribution in [0.2, 0.25) is 6.82 Å². The number of nitrogens with zero attached hydrogens (tertiary/aromatic N) is 1. The van der Waals surface area contributed by atoms with Crippen molar-refractivity contribution in [2.45, 2.75) is 6.82 Å². The number of hydrogen-bond acceptors (Lipinski definition) is 3. The summed E-state index contributed by atoms with van der Waals surface area (Å²) in [7, 11) is 2.15. The summed E-state index contributed by atoms with van der Waals surface area (Å²) in [5.41, 5.74) is 1.34. The zero-order valence-corrected chi connectivity index (χ0v) is 7.20. The lowest BCUT2D eigenvalue weighted by molar-refractivity contribution is 0.0596. The number of carbonyl (C=O) groups is 1. The number of carbonyl (C=O) groups excluding carboxylic acids is 1. The van der Waals surface area contributed by atoms with Crippen LogP contribution in [0.25, 0.3) is 0 Å². The number of rotatable bonds is 2. The van der Waals surface area contributed by atoms with E-state index in [1.165, 1.54) is 7.11 Å². The highest BCUT2D eigenvalue weighted by Crippen LogP contribution is 1.92. The Kier molecular flexibility index (Phi) is 2.85. The van der Waals surface area contributed by atoms with Crippen LogP contribution in [0.3, 0.4) is 0 Å². The number of methoxy groups -OCH3 is 1. The lowest BCUT2D eigenvalue weighted by atomic mass is 9.72. The van der Waals surface area contributed by atoms with Gasteiger partial charge in [0.1, 0.15) is 5.69 Å². The molecule has 0 unspecified atom stereocenters. The molecular weight excluding hydrogens is 153 g/mol. The molecule has 0 spiro atoms. The first-order valence-electron chi connectivity index (χ1n) is 3.81. The maximum Gasteiger partial charge on any atom is 0.356 e. The third-order valence-electron chi connectivity index (χ3n) is 1.65. The second kappa shape index (κ2) is 3.90. The van der Waals surface area contributed by atoms with Gasteiger partial charge in [-0.15, -0.1) is 0 Å². The molecule has 0 aliphatic heterocycles. The molecule has 0 aromatic carbocycles. The first-order valence-corrected chi connectivity index (χ1v) is 3.81. The Hall–Kier alpha value is -1.32. The number of esters is 1. The van der Waals surface area contributed by atoms with Crippen LogP contribution in [0.1, 0.15) is 10.5 Å². The van der Waals surface area contributed by atoms with Crippen LogP contribution in [-0.4, -0.2) is 25.3 Å². The summed E-state index contributed by atoms with van der Waals surface area (Å²) < 4.78 is 4.58. The molecule has 0 radical (unpaired) electrons. The normalized spacial score (nSPS) is 9.17. The van der Waals surface area contributed by atoms with Crippen LogP contribution in [-0.2, 0) is 4.74 Å². The van der Waals surface area contributed by atoms with Crippen molar-refractivity contribution >= 4 is 18.7 Å². The number of hydrogen-bond donors (Lipinski definition) is 0. The van der Waals surface area contributed by atoms with Crippen molar-refractivity contribution in [2.24, 2.45) is 0 Å². The third-order valence-corrected chi connectivity index (χ3v) is 1.65. The molecule has 1 heterocycles. The van der Waals surface area contributed by atoms with E-state index in [1.54, 1.807) is 6.20 Å². The van der Waals surface area contributed by atoms with E-state index in [9.17, 15) is 4.79 Å². The van der Waals surface area contributed by atoms with Gasteiger partial charge in [-0.3, -0.25) is 0 Å². The first-order chi connectivity index (χ1) is 5.79. The first kappa shape index (κ1) is 8.78. The lowest BCUT2D eigenvalue weighted by Gasteiger charge is -2.02. The molecule has 0 amide bonds. The quantitative estimate of drug-likeness (QED) is 0.454. The van der Waals surface area contributed by atoms with E-state index in [0.29, 0.717) is 5.69 Å². The van der Waals surface area contributed by atoms with Gasteiger partial charge in [-0.05, 0) is 6.07 Å². The van der Waals surface area contributed by atoms with Gasteiger partial charge in [0, 0.05) is 6.20 Å². The largest absolute Gasteiger partial charge is 0.464 e. The molecule has 0 aliphatic carbocycles. The molecule has 12 heavy (non-hydrogen) atoms. The molecule has 0 saturated carbocycles. The second-order valence-electron chi connectivity index (χ2n) is 2.36. The van der Waals surface area contributed by atoms with Gasteiger partial charge < -0.3 is 4.74 Å². The van der Waals surface area contributed by atoms with Crippen molar-refractivity contribution in [3.05, 3.63) is 24.0 Å². The van der Waals surface area contributed by atoms with Crippen LogP contribution in [0.4, 0.5) is 0 Å². The van der Waals surface area contributed by atoms with Gasteiger partial charge in [0.2, 0.25) is 0 Å². The van der Waals surface area contributed by atoms with Gasteiger partial charge in [-0.25, -0.2) is 9.78 Å². The predicted molar refractivity (Wildman–Crippen MR) is 48.2 cm³/mol. The molecule has 0 aliphatic rings.